The molecule has 2 N–H and O–H groups in total. The fourth-order valence-electron chi connectivity index (χ4n) is 4.19. The van der Waals surface area contributed by atoms with Gasteiger partial charge in [-0.05, 0) is 54.8 Å². The normalized spacial score (nSPS) is 23.5. The minimum Gasteiger partial charge on any atom is -0.389 e. The molecule has 2 fully saturated rings. The van der Waals surface area contributed by atoms with Gasteiger partial charge in [0, 0.05) is 31.1 Å². The second-order valence-corrected chi connectivity index (χ2v) is 7.64. The van der Waals surface area contributed by atoms with E-state index in [1.807, 2.05) is 23.1 Å². The number of hydrogen-bond acceptors (Lipinski definition) is 4. The van der Waals surface area contributed by atoms with Crippen molar-refractivity contribution < 1.29 is 14.3 Å². The number of benzene rings is 2. The molecule has 2 aromatic rings. The molecule has 0 spiro atoms. The van der Waals surface area contributed by atoms with Gasteiger partial charge in [-0.15, -0.1) is 12.4 Å². The first kappa shape index (κ1) is 21.3. The summed E-state index contributed by atoms with van der Waals surface area (Å²) in [5.41, 5.74) is 1.47. The molecule has 0 bridgehead atoms. The molecule has 2 aliphatic heterocycles. The standard InChI is InChI=1S/C22H22FN3O2.ClH/c23-20-6-5-17(11-18(20)12-24)15-1-3-16(4-2-15)21(27)26-10-8-22(28)7-9-25-13-19(22)14-26;/h1-6,11,19,25,28H,7-10,13-14H2;1H/t19-,22-;/m0./s1. The molecule has 1 amide bonds. The molecule has 4 rings (SSSR count). The third-order valence-corrected chi connectivity index (χ3v) is 5.98. The van der Waals surface area contributed by atoms with Gasteiger partial charge >= 0.3 is 0 Å². The molecule has 152 valence electrons. The van der Waals surface area contributed by atoms with E-state index in [0.717, 1.165) is 30.6 Å². The van der Waals surface area contributed by atoms with E-state index in [-0.39, 0.29) is 29.8 Å². The molecule has 0 unspecified atom stereocenters. The number of carbonyl (C=O) groups is 1. The van der Waals surface area contributed by atoms with Crippen LogP contribution < -0.4 is 5.32 Å². The lowest BCUT2D eigenvalue weighted by molar-refractivity contribution is -0.0817. The monoisotopic (exact) mass is 415 g/mol. The molecule has 7 heteroatoms. The molecular formula is C22H23ClFN3O2. The van der Waals surface area contributed by atoms with Crippen LogP contribution in [0, 0.1) is 23.1 Å². The fraction of sp³-hybridized carbons (Fsp3) is 0.364. The molecule has 29 heavy (non-hydrogen) atoms. The molecule has 0 saturated carbocycles. The Kier molecular flexibility index (Phi) is 6.23. The SMILES string of the molecule is Cl.N#Cc1cc(-c2ccc(C(=O)N3CC[C@@]4(O)CCNC[C@H]4C3)cc2)ccc1F. The zero-order chi connectivity index (χ0) is 19.7. The van der Waals surface area contributed by atoms with Gasteiger partial charge in [0.2, 0.25) is 0 Å². The molecule has 2 aliphatic rings. The maximum atomic E-state index is 13.5. The van der Waals surface area contributed by atoms with E-state index in [2.05, 4.69) is 5.32 Å². The van der Waals surface area contributed by atoms with Gasteiger partial charge in [-0.2, -0.15) is 5.26 Å². The summed E-state index contributed by atoms with van der Waals surface area (Å²) in [6.45, 7) is 2.65. The average Bonchev–Trinajstić information content (AvgIpc) is 2.73. The van der Waals surface area contributed by atoms with E-state index >= 15 is 0 Å². The molecular weight excluding hydrogens is 393 g/mol. The van der Waals surface area contributed by atoms with Crippen LogP contribution in [0.2, 0.25) is 0 Å². The van der Waals surface area contributed by atoms with Gasteiger partial charge in [0.15, 0.2) is 0 Å². The minimum atomic E-state index is -0.660. The van der Waals surface area contributed by atoms with Crippen molar-refractivity contribution >= 4 is 18.3 Å². The number of nitrogens with zero attached hydrogens (tertiary/aromatic N) is 2. The number of aliphatic hydroxyl groups is 1. The van der Waals surface area contributed by atoms with Crippen molar-refractivity contribution in [3.8, 4) is 17.2 Å². The first-order valence-corrected chi connectivity index (χ1v) is 9.53. The number of piperidine rings is 2. The summed E-state index contributed by atoms with van der Waals surface area (Å²) < 4.78 is 13.5. The topological polar surface area (TPSA) is 76.4 Å². The Morgan fingerprint density at radius 2 is 1.93 bits per heavy atom. The van der Waals surface area contributed by atoms with Crippen molar-refractivity contribution in [2.24, 2.45) is 5.92 Å². The number of carbonyl (C=O) groups excluding carboxylic acids is 1. The Balaban J connectivity index is 0.00000240. The van der Waals surface area contributed by atoms with Crippen LogP contribution in [0.25, 0.3) is 11.1 Å². The summed E-state index contributed by atoms with van der Waals surface area (Å²) in [6, 6.07) is 13.4. The summed E-state index contributed by atoms with van der Waals surface area (Å²) in [7, 11) is 0. The summed E-state index contributed by atoms with van der Waals surface area (Å²) >= 11 is 0. The van der Waals surface area contributed by atoms with Gasteiger partial charge in [-0.25, -0.2) is 4.39 Å². The van der Waals surface area contributed by atoms with Crippen molar-refractivity contribution in [1.29, 1.82) is 5.26 Å². The summed E-state index contributed by atoms with van der Waals surface area (Å²) in [5, 5.41) is 23.0. The summed E-state index contributed by atoms with van der Waals surface area (Å²) in [4.78, 5) is 14.7. The molecule has 5 nitrogen and oxygen atoms in total. The van der Waals surface area contributed by atoms with Crippen LogP contribution in [0.3, 0.4) is 0 Å². The second kappa shape index (κ2) is 8.50. The van der Waals surface area contributed by atoms with Crippen molar-refractivity contribution in [3.05, 3.63) is 59.4 Å². The fourth-order valence-corrected chi connectivity index (χ4v) is 4.19. The third-order valence-electron chi connectivity index (χ3n) is 5.98. The number of fused-ring (bicyclic) bond motifs is 1. The van der Waals surface area contributed by atoms with E-state index in [1.54, 1.807) is 18.2 Å². The first-order valence-electron chi connectivity index (χ1n) is 9.53. The van der Waals surface area contributed by atoms with Crippen molar-refractivity contribution in [3.63, 3.8) is 0 Å². The van der Waals surface area contributed by atoms with E-state index in [9.17, 15) is 14.3 Å². The number of halogens is 2. The Labute approximate surface area is 175 Å². The number of amides is 1. The van der Waals surface area contributed by atoms with Crippen LogP contribution in [-0.2, 0) is 0 Å². The lowest BCUT2D eigenvalue weighted by Crippen LogP contribution is -2.59. The van der Waals surface area contributed by atoms with E-state index < -0.39 is 11.4 Å². The number of nitrogens with one attached hydrogen (secondary N) is 1. The zero-order valence-electron chi connectivity index (χ0n) is 15.9. The van der Waals surface area contributed by atoms with Gasteiger partial charge in [0.25, 0.3) is 5.91 Å². The minimum absolute atomic E-state index is 0. The van der Waals surface area contributed by atoms with E-state index in [1.165, 1.54) is 12.1 Å². The Bertz CT molecular complexity index is 944. The smallest absolute Gasteiger partial charge is 0.253 e. The number of hydrogen-bond donors (Lipinski definition) is 2. The predicted octanol–water partition coefficient (Wildman–Crippen LogP) is 2.97. The first-order chi connectivity index (χ1) is 13.5. The van der Waals surface area contributed by atoms with Crippen LogP contribution in [0.1, 0.15) is 28.8 Å². The highest BCUT2D eigenvalue weighted by Crippen LogP contribution is 2.33. The Hall–Kier alpha value is -2.46. The molecule has 2 saturated heterocycles. The van der Waals surface area contributed by atoms with Gasteiger partial charge in [-0.1, -0.05) is 18.2 Å². The quantitative estimate of drug-likeness (QED) is 0.790. The van der Waals surface area contributed by atoms with Crippen LogP contribution in [0.5, 0.6) is 0 Å². The highest BCUT2D eigenvalue weighted by molar-refractivity contribution is 5.94. The summed E-state index contributed by atoms with van der Waals surface area (Å²) in [5.74, 6) is -0.529. The van der Waals surface area contributed by atoms with Crippen LogP contribution in [0.4, 0.5) is 4.39 Å². The highest BCUT2D eigenvalue weighted by Gasteiger charge is 2.43. The van der Waals surface area contributed by atoms with Crippen molar-refractivity contribution in [1.82, 2.24) is 10.2 Å². The number of nitriles is 1. The van der Waals surface area contributed by atoms with Gasteiger partial charge in [0.05, 0.1) is 11.2 Å². The second-order valence-electron chi connectivity index (χ2n) is 7.64. The number of rotatable bonds is 2. The van der Waals surface area contributed by atoms with Crippen LogP contribution in [0.15, 0.2) is 42.5 Å². The molecule has 2 aromatic carbocycles. The van der Waals surface area contributed by atoms with Crippen LogP contribution >= 0.6 is 12.4 Å². The largest absolute Gasteiger partial charge is 0.389 e. The van der Waals surface area contributed by atoms with Crippen molar-refractivity contribution in [2.75, 3.05) is 26.2 Å². The molecule has 0 radical (unpaired) electrons. The zero-order valence-corrected chi connectivity index (χ0v) is 16.7. The maximum absolute atomic E-state index is 13.5. The van der Waals surface area contributed by atoms with E-state index in [4.69, 9.17) is 5.26 Å². The van der Waals surface area contributed by atoms with Gasteiger partial charge < -0.3 is 15.3 Å². The molecule has 0 aromatic heterocycles. The molecule has 2 heterocycles. The van der Waals surface area contributed by atoms with Gasteiger partial charge in [-0.3, -0.25) is 4.79 Å². The lowest BCUT2D eigenvalue weighted by atomic mass is 9.76. The van der Waals surface area contributed by atoms with Crippen molar-refractivity contribution in [2.45, 2.75) is 18.4 Å². The van der Waals surface area contributed by atoms with Crippen LogP contribution in [-0.4, -0.2) is 47.7 Å². The predicted molar refractivity (Wildman–Crippen MR) is 110 cm³/mol. The molecule has 0 aliphatic carbocycles. The van der Waals surface area contributed by atoms with E-state index in [0.29, 0.717) is 25.1 Å². The lowest BCUT2D eigenvalue weighted by Gasteiger charge is -2.47. The Morgan fingerprint density at radius 3 is 2.66 bits per heavy atom. The number of likely N-dealkylation sites (tertiary alicyclic amines) is 1. The Morgan fingerprint density at radius 1 is 1.21 bits per heavy atom. The molecule has 2 atom stereocenters. The summed E-state index contributed by atoms with van der Waals surface area (Å²) in [6.07, 6.45) is 1.34. The average molecular weight is 416 g/mol. The highest BCUT2D eigenvalue weighted by atomic mass is 35.5. The third kappa shape index (κ3) is 4.13. The maximum Gasteiger partial charge on any atom is 0.253 e. The van der Waals surface area contributed by atoms with Gasteiger partial charge in [0.1, 0.15) is 11.9 Å².